The van der Waals surface area contributed by atoms with E-state index < -0.39 is 5.91 Å². The SMILES string of the molecule is COc1cccc(/C=N/NC(=O)c2nnn(-c3nonc3N)c2CN(C)C)c1O. The minimum atomic E-state index is -0.609. The van der Waals surface area contributed by atoms with Crippen LogP contribution in [-0.4, -0.2) is 68.6 Å². The molecule has 0 aliphatic carbocycles. The second-order valence-corrected chi connectivity index (χ2v) is 6.10. The van der Waals surface area contributed by atoms with E-state index in [0.29, 0.717) is 17.8 Å². The fourth-order valence-electron chi connectivity index (χ4n) is 2.45. The highest BCUT2D eigenvalue weighted by Crippen LogP contribution is 2.27. The predicted molar refractivity (Wildman–Crippen MR) is 101 cm³/mol. The summed E-state index contributed by atoms with van der Waals surface area (Å²) in [6.45, 7) is 0.308. The molecule has 0 radical (unpaired) electrons. The monoisotopic (exact) mass is 401 g/mol. The van der Waals surface area contributed by atoms with Gasteiger partial charge in [-0.1, -0.05) is 11.3 Å². The molecule has 13 heteroatoms. The van der Waals surface area contributed by atoms with E-state index in [1.807, 2.05) is 19.0 Å². The van der Waals surface area contributed by atoms with Crippen molar-refractivity contribution in [1.29, 1.82) is 0 Å². The molecule has 0 fully saturated rings. The fourth-order valence-corrected chi connectivity index (χ4v) is 2.45. The van der Waals surface area contributed by atoms with Gasteiger partial charge < -0.3 is 20.5 Å². The number of phenols is 1. The zero-order valence-corrected chi connectivity index (χ0v) is 15.9. The Morgan fingerprint density at radius 2 is 2.24 bits per heavy atom. The lowest BCUT2D eigenvalue weighted by Crippen LogP contribution is -2.23. The highest BCUT2D eigenvalue weighted by molar-refractivity contribution is 5.94. The maximum Gasteiger partial charge on any atom is 0.293 e. The van der Waals surface area contributed by atoms with Gasteiger partial charge in [-0.2, -0.15) is 9.78 Å². The molecular weight excluding hydrogens is 382 g/mol. The smallest absolute Gasteiger partial charge is 0.293 e. The van der Waals surface area contributed by atoms with Crippen LogP contribution in [0.25, 0.3) is 5.82 Å². The molecule has 2 aromatic heterocycles. The Balaban J connectivity index is 1.84. The van der Waals surface area contributed by atoms with Crippen LogP contribution in [0.4, 0.5) is 5.82 Å². The highest BCUT2D eigenvalue weighted by atomic mass is 16.6. The van der Waals surface area contributed by atoms with Crippen LogP contribution in [0.15, 0.2) is 27.9 Å². The molecule has 1 aromatic carbocycles. The van der Waals surface area contributed by atoms with E-state index in [9.17, 15) is 9.90 Å². The Morgan fingerprint density at radius 1 is 1.45 bits per heavy atom. The summed E-state index contributed by atoms with van der Waals surface area (Å²) in [6, 6.07) is 4.89. The second-order valence-electron chi connectivity index (χ2n) is 6.10. The van der Waals surface area contributed by atoms with Crippen molar-refractivity contribution in [3.05, 3.63) is 35.2 Å². The van der Waals surface area contributed by atoms with E-state index in [1.165, 1.54) is 18.0 Å². The summed E-state index contributed by atoms with van der Waals surface area (Å²) in [5.41, 5.74) is 8.86. The van der Waals surface area contributed by atoms with Crippen LogP contribution in [0, 0.1) is 0 Å². The van der Waals surface area contributed by atoms with Gasteiger partial charge in [0.05, 0.1) is 19.0 Å². The first-order valence-electron chi connectivity index (χ1n) is 8.29. The van der Waals surface area contributed by atoms with Crippen LogP contribution in [0.5, 0.6) is 11.5 Å². The maximum atomic E-state index is 12.6. The van der Waals surface area contributed by atoms with E-state index >= 15 is 0 Å². The van der Waals surface area contributed by atoms with E-state index in [1.54, 1.807) is 18.2 Å². The molecule has 0 atom stereocenters. The van der Waals surface area contributed by atoms with Gasteiger partial charge in [0.2, 0.25) is 11.6 Å². The summed E-state index contributed by atoms with van der Waals surface area (Å²) in [7, 11) is 5.06. The van der Waals surface area contributed by atoms with E-state index in [-0.39, 0.29) is 28.8 Å². The zero-order chi connectivity index (χ0) is 21.0. The van der Waals surface area contributed by atoms with E-state index in [0.717, 1.165) is 0 Å². The van der Waals surface area contributed by atoms with Gasteiger partial charge in [0.15, 0.2) is 17.2 Å². The number of carbonyl (C=O) groups is 1. The Kier molecular flexibility index (Phi) is 5.69. The van der Waals surface area contributed by atoms with Crippen molar-refractivity contribution in [1.82, 2.24) is 35.6 Å². The van der Waals surface area contributed by atoms with Gasteiger partial charge in [-0.25, -0.2) is 10.1 Å². The number of amides is 1. The summed E-state index contributed by atoms with van der Waals surface area (Å²) < 4.78 is 10.9. The Hall–Kier alpha value is -4.00. The quantitative estimate of drug-likeness (QED) is 0.355. The number of hydrogen-bond donors (Lipinski definition) is 3. The van der Waals surface area contributed by atoms with Crippen LogP contribution >= 0.6 is 0 Å². The molecule has 29 heavy (non-hydrogen) atoms. The van der Waals surface area contributed by atoms with Gasteiger partial charge in [-0.15, -0.1) is 5.10 Å². The van der Waals surface area contributed by atoms with Crippen molar-refractivity contribution >= 4 is 17.9 Å². The van der Waals surface area contributed by atoms with Gasteiger partial charge in [-0.05, 0) is 36.5 Å². The molecule has 0 unspecified atom stereocenters. The number of ether oxygens (including phenoxy) is 1. The Bertz CT molecular complexity index is 1040. The van der Waals surface area contributed by atoms with Crippen molar-refractivity contribution in [2.45, 2.75) is 6.54 Å². The number of benzene rings is 1. The number of methoxy groups -OCH3 is 1. The normalized spacial score (nSPS) is 11.3. The molecule has 0 saturated carbocycles. The highest BCUT2D eigenvalue weighted by Gasteiger charge is 2.24. The van der Waals surface area contributed by atoms with Gasteiger partial charge >= 0.3 is 0 Å². The Morgan fingerprint density at radius 3 is 2.90 bits per heavy atom. The molecule has 0 aliphatic heterocycles. The molecule has 2 heterocycles. The van der Waals surface area contributed by atoms with Crippen LogP contribution < -0.4 is 15.9 Å². The van der Waals surface area contributed by atoms with Crippen LogP contribution in [0.1, 0.15) is 21.7 Å². The van der Waals surface area contributed by atoms with E-state index in [4.69, 9.17) is 10.5 Å². The predicted octanol–water partition coefficient (Wildman–Crippen LogP) is -0.228. The lowest BCUT2D eigenvalue weighted by Gasteiger charge is -2.11. The van der Waals surface area contributed by atoms with E-state index in [2.05, 4.69) is 35.8 Å². The van der Waals surface area contributed by atoms with Crippen molar-refractivity contribution in [3.8, 4) is 17.3 Å². The summed E-state index contributed by atoms with van der Waals surface area (Å²) >= 11 is 0. The van der Waals surface area contributed by atoms with Crippen LogP contribution in [-0.2, 0) is 6.54 Å². The number of nitrogens with two attached hydrogens (primary N) is 1. The zero-order valence-electron chi connectivity index (χ0n) is 15.9. The third-order valence-electron chi connectivity index (χ3n) is 3.76. The average Bonchev–Trinajstić information content (AvgIpc) is 3.28. The number of nitrogen functional groups attached to an aromatic ring is 1. The summed E-state index contributed by atoms with van der Waals surface area (Å²) in [5.74, 6) is -0.287. The lowest BCUT2D eigenvalue weighted by molar-refractivity contribution is 0.0948. The number of nitrogens with zero attached hydrogens (tertiary/aromatic N) is 7. The number of aromatic hydroxyl groups is 1. The summed E-state index contributed by atoms with van der Waals surface area (Å²) in [4.78, 5) is 14.4. The van der Waals surface area contributed by atoms with Crippen LogP contribution in [0.2, 0.25) is 0 Å². The molecular formula is C16H19N9O4. The summed E-state index contributed by atoms with van der Waals surface area (Å²) in [5, 5.41) is 28.9. The number of anilines is 1. The standard InChI is InChI=1S/C16H19N9O4/c1-24(2)8-10-12(19-23-25(10)15-14(17)21-29-22-15)16(27)20-18-7-9-5-4-6-11(28-3)13(9)26/h4-7,26H,8H2,1-3H3,(H2,17,21)(H,20,27)/b18-7+. The largest absolute Gasteiger partial charge is 0.504 e. The first kappa shape index (κ1) is 19.8. The first-order chi connectivity index (χ1) is 13.9. The summed E-state index contributed by atoms with van der Waals surface area (Å²) in [6.07, 6.45) is 1.28. The first-order valence-corrected chi connectivity index (χ1v) is 8.29. The Labute approximate surface area is 164 Å². The third-order valence-corrected chi connectivity index (χ3v) is 3.76. The van der Waals surface area contributed by atoms with Gasteiger partial charge in [0.25, 0.3) is 5.91 Å². The molecule has 1 amide bonds. The minimum absolute atomic E-state index is 0.00776. The van der Waals surface area contributed by atoms with Crippen molar-refractivity contribution < 1.29 is 19.3 Å². The van der Waals surface area contributed by atoms with Crippen molar-refractivity contribution in [2.24, 2.45) is 5.10 Å². The third kappa shape index (κ3) is 4.14. The molecule has 0 saturated heterocycles. The molecule has 152 valence electrons. The molecule has 13 nitrogen and oxygen atoms in total. The number of nitrogens with one attached hydrogen (secondary N) is 1. The molecule has 4 N–H and O–H groups in total. The number of para-hydroxylation sites is 1. The number of carbonyl (C=O) groups excluding carboxylic acids is 1. The molecule has 0 bridgehead atoms. The topological polar surface area (TPSA) is 170 Å². The molecule has 3 rings (SSSR count). The van der Waals surface area contributed by atoms with Gasteiger partial charge in [-0.3, -0.25) is 4.79 Å². The maximum absolute atomic E-state index is 12.6. The van der Waals surface area contributed by atoms with Crippen LogP contribution in [0.3, 0.4) is 0 Å². The fraction of sp³-hybridized carbons (Fsp3) is 0.250. The minimum Gasteiger partial charge on any atom is -0.504 e. The molecule has 0 aliphatic rings. The number of hydrogen-bond acceptors (Lipinski definition) is 11. The number of hydrazone groups is 1. The number of phenolic OH excluding ortho intramolecular Hbond substituents is 1. The van der Waals surface area contributed by atoms with Gasteiger partial charge in [0.1, 0.15) is 0 Å². The lowest BCUT2D eigenvalue weighted by atomic mass is 10.2. The molecule has 0 spiro atoms. The van der Waals surface area contributed by atoms with Gasteiger partial charge in [0, 0.05) is 12.1 Å². The number of rotatable bonds is 7. The van der Waals surface area contributed by atoms with Crippen molar-refractivity contribution in [3.63, 3.8) is 0 Å². The molecule has 3 aromatic rings. The second kappa shape index (κ2) is 8.35. The van der Waals surface area contributed by atoms with Crippen molar-refractivity contribution in [2.75, 3.05) is 26.9 Å². The number of aromatic nitrogens is 5. The average molecular weight is 401 g/mol.